The van der Waals surface area contributed by atoms with E-state index in [1.807, 2.05) is 43.5 Å². The number of aromatic nitrogens is 2. The van der Waals surface area contributed by atoms with E-state index < -0.39 is 0 Å². The summed E-state index contributed by atoms with van der Waals surface area (Å²) in [6.07, 6.45) is 3.90. The highest BCUT2D eigenvalue weighted by molar-refractivity contribution is 7.80. The second-order valence-electron chi connectivity index (χ2n) is 7.04. The van der Waals surface area contributed by atoms with Crippen LogP contribution in [0.5, 0.6) is 5.75 Å². The fourth-order valence-corrected chi connectivity index (χ4v) is 4.24. The minimum atomic E-state index is -0.0681. The van der Waals surface area contributed by atoms with E-state index in [1.54, 1.807) is 7.11 Å². The van der Waals surface area contributed by atoms with Crippen LogP contribution in [-0.2, 0) is 11.3 Å². The minimum absolute atomic E-state index is 0.0443. The second-order valence-corrected chi connectivity index (χ2v) is 7.43. The maximum Gasteiger partial charge on any atom is 0.174 e. The first kappa shape index (κ1) is 20.4. The average Bonchev–Trinajstić information content (AvgIpc) is 3.37. The van der Waals surface area contributed by atoms with Gasteiger partial charge in [0.05, 0.1) is 24.9 Å². The predicted molar refractivity (Wildman–Crippen MR) is 122 cm³/mol. The van der Waals surface area contributed by atoms with Crippen molar-refractivity contribution >= 4 is 23.0 Å². The van der Waals surface area contributed by atoms with Gasteiger partial charge in [-0.05, 0) is 67.7 Å². The molecule has 3 aromatic rings. The van der Waals surface area contributed by atoms with Crippen molar-refractivity contribution in [2.45, 2.75) is 25.6 Å². The van der Waals surface area contributed by atoms with Crippen molar-refractivity contribution in [3.63, 3.8) is 0 Å². The van der Waals surface area contributed by atoms with Crippen LogP contribution in [0.25, 0.3) is 0 Å². The van der Waals surface area contributed by atoms with Crippen LogP contribution in [0.4, 0.5) is 5.69 Å². The Hall–Kier alpha value is -2.90. The van der Waals surface area contributed by atoms with E-state index in [2.05, 4.69) is 50.2 Å². The van der Waals surface area contributed by atoms with Crippen molar-refractivity contribution in [2.24, 2.45) is 0 Å². The summed E-state index contributed by atoms with van der Waals surface area (Å²) in [4.78, 5) is 6.78. The normalized spacial score (nSPS) is 18.5. The van der Waals surface area contributed by atoms with Crippen molar-refractivity contribution in [1.29, 1.82) is 0 Å². The molecule has 2 atom stereocenters. The third-order valence-electron chi connectivity index (χ3n) is 5.23. The summed E-state index contributed by atoms with van der Waals surface area (Å²) in [6.45, 7) is 4.03. The van der Waals surface area contributed by atoms with Gasteiger partial charge in [0.2, 0.25) is 0 Å². The van der Waals surface area contributed by atoms with Crippen LogP contribution in [0, 0.1) is 0 Å². The van der Waals surface area contributed by atoms with Crippen LogP contribution >= 0.6 is 12.2 Å². The lowest BCUT2D eigenvalue weighted by Crippen LogP contribution is -2.30. The molecule has 0 amide bonds. The van der Waals surface area contributed by atoms with Gasteiger partial charge in [-0.3, -0.25) is 4.98 Å². The Morgan fingerprint density at radius 1 is 1.10 bits per heavy atom. The zero-order valence-corrected chi connectivity index (χ0v) is 18.0. The number of thiocarbonyl (C=S) groups is 1. The lowest BCUT2D eigenvalue weighted by atomic mass is 10.0. The monoisotopic (exact) mass is 422 g/mol. The van der Waals surface area contributed by atoms with E-state index in [0.29, 0.717) is 18.3 Å². The van der Waals surface area contributed by atoms with E-state index in [9.17, 15) is 0 Å². The Labute approximate surface area is 182 Å². The Morgan fingerprint density at radius 3 is 2.63 bits per heavy atom. The highest BCUT2D eigenvalue weighted by Crippen LogP contribution is 2.41. The molecule has 1 saturated heterocycles. The number of anilines is 1. The van der Waals surface area contributed by atoms with Crippen LogP contribution in [0.1, 0.15) is 30.4 Å². The van der Waals surface area contributed by atoms with E-state index in [0.717, 1.165) is 29.4 Å². The topological polar surface area (TPSA) is 51.5 Å². The molecular weight excluding hydrogens is 396 g/mol. The van der Waals surface area contributed by atoms with Crippen LogP contribution in [0.3, 0.4) is 0 Å². The molecule has 0 saturated carbocycles. The van der Waals surface area contributed by atoms with Gasteiger partial charge in [0, 0.05) is 37.4 Å². The van der Waals surface area contributed by atoms with Crippen molar-refractivity contribution in [1.82, 2.24) is 14.9 Å². The average molecular weight is 423 g/mol. The van der Waals surface area contributed by atoms with Gasteiger partial charge >= 0.3 is 0 Å². The molecule has 0 bridgehead atoms. The zero-order chi connectivity index (χ0) is 20.9. The summed E-state index contributed by atoms with van der Waals surface area (Å²) in [5.74, 6) is 0.848. The van der Waals surface area contributed by atoms with Crippen molar-refractivity contribution in [3.05, 3.63) is 78.4 Å². The number of benzene rings is 1. The third-order valence-corrected chi connectivity index (χ3v) is 5.54. The molecule has 4 rings (SSSR count). The SMILES string of the molecule is CCOc1ccc(N2C(=S)N[C@H](c3ccccn3)[C@H]2c2cccn2CCOC)cc1. The molecule has 2 aromatic heterocycles. The summed E-state index contributed by atoms with van der Waals surface area (Å²) < 4.78 is 13.1. The zero-order valence-electron chi connectivity index (χ0n) is 17.2. The van der Waals surface area contributed by atoms with Gasteiger partial charge in [-0.25, -0.2) is 0 Å². The lowest BCUT2D eigenvalue weighted by molar-refractivity contribution is 0.186. The van der Waals surface area contributed by atoms with Gasteiger partial charge in [0.15, 0.2) is 5.11 Å². The maximum absolute atomic E-state index is 5.79. The third kappa shape index (κ3) is 4.04. The molecule has 1 N–H and O–H groups in total. The van der Waals surface area contributed by atoms with Crippen molar-refractivity contribution < 1.29 is 9.47 Å². The molecular formula is C23H26N4O2S. The van der Waals surface area contributed by atoms with Gasteiger partial charge < -0.3 is 24.3 Å². The largest absolute Gasteiger partial charge is 0.494 e. The van der Waals surface area contributed by atoms with E-state index in [-0.39, 0.29) is 12.1 Å². The summed E-state index contributed by atoms with van der Waals surface area (Å²) in [7, 11) is 1.72. The number of nitrogens with zero attached hydrogens (tertiary/aromatic N) is 3. The highest BCUT2D eigenvalue weighted by atomic mass is 32.1. The first-order chi connectivity index (χ1) is 14.7. The van der Waals surface area contributed by atoms with Crippen molar-refractivity contribution in [3.8, 4) is 5.75 Å². The number of hydrogen-bond donors (Lipinski definition) is 1. The van der Waals surface area contributed by atoms with Gasteiger partial charge in [0.25, 0.3) is 0 Å². The summed E-state index contributed by atoms with van der Waals surface area (Å²) in [6, 6.07) is 18.1. The first-order valence-electron chi connectivity index (χ1n) is 10.1. The molecule has 156 valence electrons. The van der Waals surface area contributed by atoms with Crippen molar-refractivity contribution in [2.75, 3.05) is 25.2 Å². The van der Waals surface area contributed by atoms with Crippen LogP contribution < -0.4 is 15.0 Å². The number of ether oxygens (including phenoxy) is 2. The smallest absolute Gasteiger partial charge is 0.174 e. The maximum atomic E-state index is 5.79. The van der Waals surface area contributed by atoms with Gasteiger partial charge in [-0.2, -0.15) is 0 Å². The second kappa shape index (κ2) is 9.28. The number of rotatable bonds is 8. The molecule has 0 radical (unpaired) electrons. The molecule has 6 nitrogen and oxygen atoms in total. The fourth-order valence-electron chi connectivity index (χ4n) is 3.89. The molecule has 0 aliphatic carbocycles. The predicted octanol–water partition coefficient (Wildman–Crippen LogP) is 4.11. The van der Waals surface area contributed by atoms with Gasteiger partial charge in [0.1, 0.15) is 11.8 Å². The lowest BCUT2D eigenvalue weighted by Gasteiger charge is -2.29. The number of hydrogen-bond acceptors (Lipinski definition) is 4. The summed E-state index contributed by atoms with van der Waals surface area (Å²) in [5.41, 5.74) is 3.13. The van der Waals surface area contributed by atoms with Crippen LogP contribution in [0.2, 0.25) is 0 Å². The Bertz CT molecular complexity index is 974. The van der Waals surface area contributed by atoms with Gasteiger partial charge in [-0.15, -0.1) is 0 Å². The van der Waals surface area contributed by atoms with E-state index >= 15 is 0 Å². The Kier molecular flexibility index (Phi) is 6.30. The molecule has 0 spiro atoms. The number of methoxy groups -OCH3 is 1. The molecule has 1 aliphatic heterocycles. The van der Waals surface area contributed by atoms with Crippen LogP contribution in [-0.4, -0.2) is 35.0 Å². The highest BCUT2D eigenvalue weighted by Gasteiger charge is 2.41. The van der Waals surface area contributed by atoms with Gasteiger partial charge in [-0.1, -0.05) is 6.07 Å². The first-order valence-corrected chi connectivity index (χ1v) is 10.5. The molecule has 30 heavy (non-hydrogen) atoms. The fraction of sp³-hybridized carbons (Fsp3) is 0.304. The molecule has 1 fully saturated rings. The Morgan fingerprint density at radius 2 is 1.93 bits per heavy atom. The summed E-state index contributed by atoms with van der Waals surface area (Å²) >= 11 is 5.79. The quantitative estimate of drug-likeness (QED) is 0.552. The molecule has 1 aromatic carbocycles. The summed E-state index contributed by atoms with van der Waals surface area (Å²) in [5, 5.41) is 4.18. The van der Waals surface area contributed by atoms with Crippen LogP contribution in [0.15, 0.2) is 67.0 Å². The Balaban J connectivity index is 1.76. The molecule has 0 unspecified atom stereocenters. The van der Waals surface area contributed by atoms with E-state index in [4.69, 9.17) is 21.7 Å². The van der Waals surface area contributed by atoms with E-state index in [1.165, 1.54) is 0 Å². The standard InChI is InChI=1S/C23H26N4O2S/c1-3-29-18-11-9-17(10-12-18)27-22(20-8-6-14-26(20)15-16-28-2)21(25-23(27)30)19-7-4-5-13-24-19/h4-14,21-22H,3,15-16H2,1-2H3,(H,25,30)/t21-,22-/m1/s1. The minimum Gasteiger partial charge on any atom is -0.494 e. The number of pyridine rings is 1. The molecule has 1 aliphatic rings. The molecule has 3 heterocycles. The molecule has 7 heteroatoms. The number of nitrogens with one attached hydrogen (secondary N) is 1.